The van der Waals surface area contributed by atoms with E-state index in [0.717, 1.165) is 70.6 Å². The first-order valence-electron chi connectivity index (χ1n) is 24.8. The Kier molecular flexibility index (Phi) is 41.9. The summed E-state index contributed by atoms with van der Waals surface area (Å²) in [5, 5.41) is 19.7. The third-order valence-electron chi connectivity index (χ3n) is 10.6. The summed E-state index contributed by atoms with van der Waals surface area (Å²) in [6.07, 6.45) is 26.9. The highest BCUT2D eigenvalue weighted by Gasteiger charge is 2.30. The first-order chi connectivity index (χ1) is 30.8. The zero-order valence-corrected chi connectivity index (χ0v) is 41.8. The molecule has 0 heterocycles. The predicted molar refractivity (Wildman–Crippen MR) is 247 cm³/mol. The summed E-state index contributed by atoms with van der Waals surface area (Å²) in [4.78, 5) is 57.6. The zero-order valence-electron chi connectivity index (χ0n) is 40.0. The second kappa shape index (κ2) is 42.9. The summed E-state index contributed by atoms with van der Waals surface area (Å²) in [5.74, 6) is -1.65. The minimum Gasteiger partial charge on any atom is -0.462 e. The lowest BCUT2D eigenvalue weighted by Crippen LogP contribution is -2.30. The number of carbonyl (C=O) groups excluding carboxylic acids is 3. The van der Waals surface area contributed by atoms with Crippen molar-refractivity contribution in [2.45, 2.75) is 238 Å². The number of unbranched alkanes of at least 4 members (excludes halogenated alkanes) is 25. The van der Waals surface area contributed by atoms with E-state index in [2.05, 4.69) is 20.8 Å². The van der Waals surface area contributed by atoms with Crippen LogP contribution in [0.25, 0.3) is 0 Å². The molecule has 16 nitrogen and oxygen atoms in total. The third-order valence-corrected chi connectivity index (χ3v) is 12.5. The topological polar surface area (TPSA) is 231 Å². The van der Waals surface area contributed by atoms with Gasteiger partial charge in [-0.1, -0.05) is 181 Å². The average Bonchev–Trinajstić information content (AvgIpc) is 3.26. The fourth-order valence-electron chi connectivity index (χ4n) is 6.74. The monoisotopic (exact) mass is 961 g/mol. The highest BCUT2D eigenvalue weighted by Crippen LogP contribution is 2.45. The van der Waals surface area contributed by atoms with Crippen molar-refractivity contribution in [1.29, 1.82) is 0 Å². The predicted octanol–water partition coefficient (Wildman–Crippen LogP) is 11.1. The Bertz CT molecular complexity index is 1220. The summed E-state index contributed by atoms with van der Waals surface area (Å²) in [7, 11) is -9.71. The lowest BCUT2D eigenvalue weighted by atomic mass is 10.0. The van der Waals surface area contributed by atoms with E-state index < -0.39 is 91.5 Å². The minimum atomic E-state index is -4.89. The molecule has 0 aliphatic heterocycles. The van der Waals surface area contributed by atoms with Crippen molar-refractivity contribution in [3.63, 3.8) is 0 Å². The zero-order chi connectivity index (χ0) is 47.6. The molecule has 64 heavy (non-hydrogen) atoms. The Labute approximate surface area is 386 Å². The van der Waals surface area contributed by atoms with E-state index in [1.54, 1.807) is 0 Å². The number of phosphoric ester groups is 2. The van der Waals surface area contributed by atoms with Crippen LogP contribution >= 0.6 is 15.6 Å². The summed E-state index contributed by atoms with van der Waals surface area (Å²) >= 11 is 0. The standard InChI is InChI=1S/C46H90O16P2/c1-4-7-10-13-15-17-19-20-21-23-24-27-29-32-44(49)56-38-43(62-46(51)34-31-28-25-22-18-16-14-11-8-5-2)40-60-64(54,55)58-37-41(48)36-57-63(52,53)59-39-42(35-47)61-45(50)33-30-26-12-9-6-3/h41-43,47-48H,4-40H2,1-3H3,(H,52,53)(H,54,55)/t41-,42+,43+/m0/s1. The lowest BCUT2D eigenvalue weighted by Gasteiger charge is -2.21. The number of esters is 3. The molecule has 0 bridgehead atoms. The van der Waals surface area contributed by atoms with Gasteiger partial charge in [0.1, 0.15) is 18.8 Å². The third kappa shape index (κ3) is 41.9. The van der Waals surface area contributed by atoms with Crippen LogP contribution in [-0.2, 0) is 55.8 Å². The van der Waals surface area contributed by atoms with Gasteiger partial charge >= 0.3 is 33.6 Å². The summed E-state index contributed by atoms with van der Waals surface area (Å²) in [6.45, 7) is 2.34. The van der Waals surface area contributed by atoms with Crippen molar-refractivity contribution in [3.8, 4) is 0 Å². The van der Waals surface area contributed by atoms with Crippen molar-refractivity contribution >= 4 is 33.6 Å². The molecule has 0 aromatic carbocycles. The van der Waals surface area contributed by atoms with Crippen molar-refractivity contribution in [1.82, 2.24) is 0 Å². The van der Waals surface area contributed by atoms with E-state index in [-0.39, 0.29) is 19.3 Å². The van der Waals surface area contributed by atoms with Crippen LogP contribution in [-0.4, -0.2) is 95.9 Å². The number of rotatable bonds is 48. The van der Waals surface area contributed by atoms with Crippen LogP contribution in [0.1, 0.15) is 220 Å². The van der Waals surface area contributed by atoms with Crippen LogP contribution in [0, 0.1) is 0 Å². The first kappa shape index (κ1) is 62.5. The molecule has 0 saturated carbocycles. The van der Waals surface area contributed by atoms with E-state index >= 15 is 0 Å². The number of phosphoric acid groups is 2. The molecule has 0 radical (unpaired) electrons. The smallest absolute Gasteiger partial charge is 0.462 e. The Morgan fingerprint density at radius 1 is 0.406 bits per heavy atom. The van der Waals surface area contributed by atoms with E-state index in [0.29, 0.717) is 19.3 Å². The number of hydrogen-bond donors (Lipinski definition) is 4. The summed E-state index contributed by atoms with van der Waals surface area (Å²) < 4.78 is 60.4. The Balaban J connectivity index is 4.82. The van der Waals surface area contributed by atoms with Gasteiger partial charge in [0.15, 0.2) is 6.10 Å². The number of ether oxygens (including phenoxy) is 3. The molecule has 0 fully saturated rings. The van der Waals surface area contributed by atoms with Crippen LogP contribution < -0.4 is 0 Å². The molecule has 380 valence electrons. The molecule has 0 aliphatic rings. The summed E-state index contributed by atoms with van der Waals surface area (Å²) in [5.41, 5.74) is 0. The van der Waals surface area contributed by atoms with Crippen molar-refractivity contribution < 1.29 is 75.8 Å². The molecule has 0 aromatic heterocycles. The van der Waals surface area contributed by atoms with E-state index in [1.807, 2.05) is 0 Å². The van der Waals surface area contributed by atoms with E-state index in [1.165, 1.54) is 89.9 Å². The van der Waals surface area contributed by atoms with Crippen LogP contribution in [0.4, 0.5) is 0 Å². The van der Waals surface area contributed by atoms with Gasteiger partial charge in [-0.2, -0.15) is 0 Å². The number of hydrogen-bond acceptors (Lipinski definition) is 14. The quantitative estimate of drug-likeness (QED) is 0.0192. The van der Waals surface area contributed by atoms with Gasteiger partial charge in [-0.15, -0.1) is 0 Å². The average molecular weight is 961 g/mol. The molecular weight excluding hydrogens is 870 g/mol. The van der Waals surface area contributed by atoms with Crippen LogP contribution in [0.5, 0.6) is 0 Å². The van der Waals surface area contributed by atoms with Gasteiger partial charge in [0, 0.05) is 19.3 Å². The van der Waals surface area contributed by atoms with E-state index in [9.17, 15) is 43.5 Å². The Hall–Kier alpha value is -1.45. The number of aliphatic hydroxyl groups is 2. The molecule has 4 N–H and O–H groups in total. The molecule has 0 rings (SSSR count). The number of carbonyl (C=O) groups is 3. The Morgan fingerprint density at radius 2 is 0.688 bits per heavy atom. The van der Waals surface area contributed by atoms with Crippen LogP contribution in [0.2, 0.25) is 0 Å². The SMILES string of the molecule is CCCCCCCCCCCCCCCC(=O)OC[C@H](COP(=O)(O)OC[C@@H](O)COP(=O)(O)OC[C@@H](CO)OC(=O)CCCCCCC)OC(=O)CCCCCCCCCCCC. The van der Waals surface area contributed by atoms with Gasteiger partial charge in [-0.25, -0.2) is 9.13 Å². The molecule has 0 aromatic rings. The molecule has 0 aliphatic carbocycles. The second-order valence-corrected chi connectivity index (χ2v) is 19.9. The fourth-order valence-corrected chi connectivity index (χ4v) is 8.32. The van der Waals surface area contributed by atoms with Crippen LogP contribution in [0.15, 0.2) is 0 Å². The van der Waals surface area contributed by atoms with Gasteiger partial charge in [-0.05, 0) is 19.3 Å². The van der Waals surface area contributed by atoms with E-state index in [4.69, 9.17) is 32.3 Å². The van der Waals surface area contributed by atoms with Crippen molar-refractivity contribution in [3.05, 3.63) is 0 Å². The number of aliphatic hydroxyl groups excluding tert-OH is 2. The molecule has 0 saturated heterocycles. The van der Waals surface area contributed by atoms with Crippen molar-refractivity contribution in [2.24, 2.45) is 0 Å². The Morgan fingerprint density at radius 3 is 1.03 bits per heavy atom. The molecule has 0 amide bonds. The highest BCUT2D eigenvalue weighted by molar-refractivity contribution is 7.47. The fraction of sp³-hybridized carbons (Fsp3) is 0.935. The largest absolute Gasteiger partial charge is 0.472 e. The van der Waals surface area contributed by atoms with Gasteiger partial charge in [0.25, 0.3) is 0 Å². The molecule has 2 unspecified atom stereocenters. The normalized spacial score (nSPS) is 14.9. The van der Waals surface area contributed by atoms with Gasteiger partial charge < -0.3 is 34.2 Å². The molecule has 18 heteroatoms. The van der Waals surface area contributed by atoms with Gasteiger partial charge in [0.05, 0.1) is 33.0 Å². The van der Waals surface area contributed by atoms with Gasteiger partial charge in [0.2, 0.25) is 0 Å². The first-order valence-corrected chi connectivity index (χ1v) is 27.8. The maximum Gasteiger partial charge on any atom is 0.472 e. The maximum absolute atomic E-state index is 12.7. The maximum atomic E-state index is 12.7. The highest BCUT2D eigenvalue weighted by atomic mass is 31.2. The lowest BCUT2D eigenvalue weighted by molar-refractivity contribution is -0.161. The van der Waals surface area contributed by atoms with Gasteiger partial charge in [-0.3, -0.25) is 32.5 Å². The molecule has 0 spiro atoms. The minimum absolute atomic E-state index is 0.114. The summed E-state index contributed by atoms with van der Waals surface area (Å²) in [6, 6.07) is 0. The van der Waals surface area contributed by atoms with Crippen LogP contribution in [0.3, 0.4) is 0 Å². The second-order valence-electron chi connectivity index (χ2n) is 17.0. The molecule has 5 atom stereocenters. The molecular formula is C46H90O16P2. The van der Waals surface area contributed by atoms with Crippen molar-refractivity contribution in [2.75, 3.05) is 39.6 Å².